The fourth-order valence-electron chi connectivity index (χ4n) is 2.95. The Kier molecular flexibility index (Phi) is 4.58. The van der Waals surface area contributed by atoms with Gasteiger partial charge in [0.2, 0.25) is 0 Å². The molecular formula is C17H26N2O. The highest BCUT2D eigenvalue weighted by Crippen LogP contribution is 2.29. The fraction of sp³-hybridized carbons (Fsp3) is 0.647. The molecule has 0 bridgehead atoms. The Balaban J connectivity index is 1.45. The van der Waals surface area contributed by atoms with Crippen LogP contribution in [0, 0.1) is 0 Å². The smallest absolute Gasteiger partial charge is 0.119 e. The van der Waals surface area contributed by atoms with Crippen LogP contribution >= 0.6 is 0 Å². The first-order chi connectivity index (χ1) is 9.85. The Hall–Kier alpha value is -1.06. The molecule has 1 saturated carbocycles. The third-order valence-corrected chi connectivity index (χ3v) is 4.25. The number of hydrogen-bond donors (Lipinski definition) is 1. The van der Waals surface area contributed by atoms with Gasteiger partial charge in [0.05, 0.1) is 6.61 Å². The van der Waals surface area contributed by atoms with Gasteiger partial charge >= 0.3 is 0 Å². The first kappa shape index (κ1) is 13.9. The van der Waals surface area contributed by atoms with E-state index in [2.05, 4.69) is 35.3 Å². The van der Waals surface area contributed by atoms with Crippen molar-refractivity contribution in [2.24, 2.45) is 0 Å². The number of likely N-dealkylation sites (tertiary alicyclic amines) is 1. The van der Waals surface area contributed by atoms with E-state index in [1.165, 1.54) is 37.9 Å². The summed E-state index contributed by atoms with van der Waals surface area (Å²) < 4.78 is 5.69. The molecule has 1 unspecified atom stereocenters. The molecule has 1 saturated heterocycles. The molecule has 0 amide bonds. The first-order valence-corrected chi connectivity index (χ1v) is 8.04. The van der Waals surface area contributed by atoms with Crippen molar-refractivity contribution in [3.8, 4) is 5.75 Å². The number of benzene rings is 1. The highest BCUT2D eigenvalue weighted by Gasteiger charge is 2.33. The number of nitrogens with one attached hydrogen (secondary N) is 1. The summed E-state index contributed by atoms with van der Waals surface area (Å²) in [5.74, 6) is 0.997. The van der Waals surface area contributed by atoms with Gasteiger partial charge in [0.25, 0.3) is 0 Å². The number of nitrogens with zero attached hydrogens (tertiary/aromatic N) is 1. The van der Waals surface area contributed by atoms with Crippen LogP contribution in [0.2, 0.25) is 0 Å². The van der Waals surface area contributed by atoms with Crippen LogP contribution in [0.15, 0.2) is 24.3 Å². The predicted octanol–water partition coefficient (Wildman–Crippen LogP) is 2.80. The second-order valence-corrected chi connectivity index (χ2v) is 6.09. The van der Waals surface area contributed by atoms with Crippen LogP contribution in [0.3, 0.4) is 0 Å². The average Bonchev–Trinajstić information content (AvgIpc) is 3.22. The molecule has 1 aliphatic carbocycles. The summed E-state index contributed by atoms with van der Waals surface area (Å²) in [6.07, 6.45) is 5.19. The monoisotopic (exact) mass is 274 g/mol. The SMILES string of the molecule is CCCOc1cccc(CNC2CCN(C3CC3)C2)c1. The van der Waals surface area contributed by atoms with Crippen molar-refractivity contribution < 1.29 is 4.74 Å². The van der Waals surface area contributed by atoms with E-state index in [0.29, 0.717) is 6.04 Å². The lowest BCUT2D eigenvalue weighted by molar-refractivity contribution is 0.315. The summed E-state index contributed by atoms with van der Waals surface area (Å²) in [4.78, 5) is 2.65. The maximum atomic E-state index is 5.69. The summed E-state index contributed by atoms with van der Waals surface area (Å²) in [6.45, 7) is 6.40. The van der Waals surface area contributed by atoms with Gasteiger partial charge in [-0.2, -0.15) is 0 Å². The largest absolute Gasteiger partial charge is 0.494 e. The molecule has 0 aromatic heterocycles. The minimum atomic E-state index is 0.663. The van der Waals surface area contributed by atoms with Crippen LogP contribution in [0.5, 0.6) is 5.75 Å². The molecule has 1 heterocycles. The Morgan fingerprint density at radius 3 is 3.00 bits per heavy atom. The van der Waals surface area contributed by atoms with Crippen molar-refractivity contribution in [1.82, 2.24) is 10.2 Å². The molecule has 2 fully saturated rings. The molecule has 1 aromatic carbocycles. The highest BCUT2D eigenvalue weighted by atomic mass is 16.5. The second-order valence-electron chi connectivity index (χ2n) is 6.09. The van der Waals surface area contributed by atoms with Crippen LogP contribution in [-0.4, -0.2) is 36.7 Å². The average molecular weight is 274 g/mol. The summed E-state index contributed by atoms with van der Waals surface area (Å²) >= 11 is 0. The van der Waals surface area contributed by atoms with Crippen molar-refractivity contribution in [1.29, 1.82) is 0 Å². The summed E-state index contributed by atoms with van der Waals surface area (Å²) in [5.41, 5.74) is 1.32. The minimum absolute atomic E-state index is 0.663. The lowest BCUT2D eigenvalue weighted by Crippen LogP contribution is -2.32. The van der Waals surface area contributed by atoms with E-state index in [0.717, 1.165) is 31.4 Å². The molecule has 1 aliphatic heterocycles. The van der Waals surface area contributed by atoms with Gasteiger partial charge < -0.3 is 10.1 Å². The quantitative estimate of drug-likeness (QED) is 0.827. The normalized spacial score (nSPS) is 23.1. The molecule has 1 N–H and O–H groups in total. The van der Waals surface area contributed by atoms with Gasteiger partial charge in [0.1, 0.15) is 5.75 Å². The zero-order valence-corrected chi connectivity index (χ0v) is 12.5. The van der Waals surface area contributed by atoms with E-state index in [1.54, 1.807) is 0 Å². The van der Waals surface area contributed by atoms with Gasteiger partial charge in [-0.25, -0.2) is 0 Å². The zero-order valence-electron chi connectivity index (χ0n) is 12.5. The van der Waals surface area contributed by atoms with E-state index in [4.69, 9.17) is 4.74 Å². The van der Waals surface area contributed by atoms with E-state index in [1.807, 2.05) is 6.07 Å². The summed E-state index contributed by atoms with van der Waals surface area (Å²) in [6, 6.07) is 10.1. The third kappa shape index (κ3) is 3.74. The Morgan fingerprint density at radius 2 is 2.20 bits per heavy atom. The number of rotatable bonds is 7. The van der Waals surface area contributed by atoms with Crippen LogP contribution in [-0.2, 0) is 6.54 Å². The van der Waals surface area contributed by atoms with E-state index < -0.39 is 0 Å². The van der Waals surface area contributed by atoms with Crippen molar-refractivity contribution in [3.63, 3.8) is 0 Å². The Labute approximate surface area is 122 Å². The van der Waals surface area contributed by atoms with Crippen LogP contribution in [0.4, 0.5) is 0 Å². The van der Waals surface area contributed by atoms with Gasteiger partial charge in [-0.3, -0.25) is 4.90 Å². The van der Waals surface area contributed by atoms with Gasteiger partial charge in [-0.1, -0.05) is 19.1 Å². The second kappa shape index (κ2) is 6.59. The molecule has 110 valence electrons. The molecule has 3 heteroatoms. The minimum Gasteiger partial charge on any atom is -0.494 e. The Bertz CT molecular complexity index is 431. The van der Waals surface area contributed by atoms with Crippen LogP contribution in [0.25, 0.3) is 0 Å². The Morgan fingerprint density at radius 1 is 1.30 bits per heavy atom. The maximum Gasteiger partial charge on any atom is 0.119 e. The van der Waals surface area contributed by atoms with E-state index in [9.17, 15) is 0 Å². The molecule has 0 spiro atoms. The predicted molar refractivity (Wildman–Crippen MR) is 82.1 cm³/mol. The molecule has 2 aliphatic rings. The molecule has 0 radical (unpaired) electrons. The van der Waals surface area contributed by atoms with Gasteiger partial charge in [-0.15, -0.1) is 0 Å². The zero-order chi connectivity index (χ0) is 13.8. The van der Waals surface area contributed by atoms with Crippen LogP contribution in [0.1, 0.15) is 38.2 Å². The molecular weight excluding hydrogens is 248 g/mol. The standard InChI is InChI=1S/C17H26N2O/c1-2-10-20-17-5-3-4-14(11-17)12-18-15-8-9-19(13-15)16-6-7-16/h3-5,11,15-16,18H,2,6-10,12-13H2,1H3. The first-order valence-electron chi connectivity index (χ1n) is 8.04. The van der Waals surface area contributed by atoms with E-state index >= 15 is 0 Å². The third-order valence-electron chi connectivity index (χ3n) is 4.25. The summed E-state index contributed by atoms with van der Waals surface area (Å²) in [5, 5.41) is 3.70. The molecule has 3 rings (SSSR count). The van der Waals surface area contributed by atoms with Gasteiger partial charge in [-0.05, 0) is 43.4 Å². The maximum absolute atomic E-state index is 5.69. The molecule has 20 heavy (non-hydrogen) atoms. The van der Waals surface area contributed by atoms with Crippen molar-refractivity contribution in [3.05, 3.63) is 29.8 Å². The lowest BCUT2D eigenvalue weighted by Gasteiger charge is -2.16. The topological polar surface area (TPSA) is 24.5 Å². The van der Waals surface area contributed by atoms with Gasteiger partial charge in [0, 0.05) is 31.7 Å². The van der Waals surface area contributed by atoms with Crippen LogP contribution < -0.4 is 10.1 Å². The van der Waals surface area contributed by atoms with Crippen molar-refractivity contribution >= 4 is 0 Å². The number of ether oxygens (including phenoxy) is 1. The lowest BCUT2D eigenvalue weighted by atomic mass is 10.2. The van der Waals surface area contributed by atoms with Crippen molar-refractivity contribution in [2.75, 3.05) is 19.7 Å². The fourth-order valence-corrected chi connectivity index (χ4v) is 2.95. The molecule has 1 aromatic rings. The number of hydrogen-bond acceptors (Lipinski definition) is 3. The van der Waals surface area contributed by atoms with Gasteiger partial charge in [0.15, 0.2) is 0 Å². The van der Waals surface area contributed by atoms with E-state index in [-0.39, 0.29) is 0 Å². The van der Waals surface area contributed by atoms with Crippen molar-refractivity contribution in [2.45, 2.75) is 51.2 Å². The molecule has 3 nitrogen and oxygen atoms in total. The molecule has 1 atom stereocenters. The highest BCUT2D eigenvalue weighted by molar-refractivity contribution is 5.28. The summed E-state index contributed by atoms with van der Waals surface area (Å²) in [7, 11) is 0.